The summed E-state index contributed by atoms with van der Waals surface area (Å²) in [5, 5.41) is 0. The van der Waals surface area contributed by atoms with Gasteiger partial charge in [0, 0.05) is 10.5 Å². The van der Waals surface area contributed by atoms with E-state index in [0.29, 0.717) is 6.61 Å². The first-order valence-electron chi connectivity index (χ1n) is 5.21. The van der Waals surface area contributed by atoms with E-state index < -0.39 is 0 Å². The molecule has 0 bridgehead atoms. The summed E-state index contributed by atoms with van der Waals surface area (Å²) in [4.78, 5) is 11.3. The number of hydrogen-bond donors (Lipinski definition) is 1. The number of benzene rings is 1. The Bertz CT molecular complexity index is 379. The van der Waals surface area contributed by atoms with Gasteiger partial charge in [-0.05, 0) is 31.0 Å². The molecule has 0 spiro atoms. The molecule has 0 fully saturated rings. The molecule has 0 saturated heterocycles. The van der Waals surface area contributed by atoms with Gasteiger partial charge in [-0.15, -0.1) is 0 Å². The number of hydrogen-bond acceptors (Lipinski definition) is 3. The molecule has 0 aliphatic carbocycles. The predicted octanol–water partition coefficient (Wildman–Crippen LogP) is 2.71. The zero-order chi connectivity index (χ0) is 12.1. The molecule has 88 valence electrons. The monoisotopic (exact) mass is 285 g/mol. The van der Waals surface area contributed by atoms with E-state index in [2.05, 4.69) is 15.9 Å². The van der Waals surface area contributed by atoms with Crippen LogP contribution in [0.15, 0.2) is 22.7 Å². The lowest BCUT2D eigenvalue weighted by molar-refractivity contribution is -0.143. The fraction of sp³-hybridized carbons (Fsp3) is 0.417. The molecule has 1 aromatic carbocycles. The van der Waals surface area contributed by atoms with E-state index in [1.807, 2.05) is 25.1 Å². The van der Waals surface area contributed by atoms with Crippen molar-refractivity contribution in [2.24, 2.45) is 5.73 Å². The third-order valence-corrected chi connectivity index (χ3v) is 3.19. The third kappa shape index (κ3) is 3.61. The summed E-state index contributed by atoms with van der Waals surface area (Å²) >= 11 is 3.42. The summed E-state index contributed by atoms with van der Waals surface area (Å²) in [6, 6.07) is 5.54. The first-order chi connectivity index (χ1) is 7.54. The van der Waals surface area contributed by atoms with Crippen molar-refractivity contribution in [1.29, 1.82) is 0 Å². The van der Waals surface area contributed by atoms with E-state index in [0.717, 1.165) is 15.6 Å². The maximum atomic E-state index is 11.3. The number of halogens is 1. The average molecular weight is 286 g/mol. The molecular weight excluding hydrogens is 270 g/mol. The van der Waals surface area contributed by atoms with Crippen LogP contribution in [0.25, 0.3) is 0 Å². The van der Waals surface area contributed by atoms with E-state index in [1.54, 1.807) is 6.92 Å². The van der Waals surface area contributed by atoms with E-state index in [9.17, 15) is 4.79 Å². The summed E-state index contributed by atoms with van der Waals surface area (Å²) in [6.45, 7) is 4.17. The van der Waals surface area contributed by atoms with Gasteiger partial charge in [-0.1, -0.05) is 28.1 Å². The van der Waals surface area contributed by atoms with Crippen LogP contribution in [0.3, 0.4) is 0 Å². The zero-order valence-corrected chi connectivity index (χ0v) is 11.1. The summed E-state index contributed by atoms with van der Waals surface area (Å²) in [5.41, 5.74) is 7.99. The van der Waals surface area contributed by atoms with Crippen LogP contribution in [0.1, 0.15) is 30.5 Å². The second kappa shape index (κ2) is 6.01. The second-order valence-electron chi connectivity index (χ2n) is 3.62. The molecule has 2 N–H and O–H groups in total. The van der Waals surface area contributed by atoms with Crippen molar-refractivity contribution >= 4 is 21.9 Å². The molecule has 0 amide bonds. The zero-order valence-electron chi connectivity index (χ0n) is 9.50. The third-order valence-electron chi connectivity index (χ3n) is 2.30. The van der Waals surface area contributed by atoms with Crippen molar-refractivity contribution in [3.8, 4) is 0 Å². The van der Waals surface area contributed by atoms with Crippen molar-refractivity contribution in [3.05, 3.63) is 33.8 Å². The number of carbonyl (C=O) groups excluding carboxylic acids is 1. The highest BCUT2D eigenvalue weighted by Gasteiger charge is 2.12. The van der Waals surface area contributed by atoms with Crippen molar-refractivity contribution < 1.29 is 9.53 Å². The molecular formula is C12H16BrNO2. The lowest BCUT2D eigenvalue weighted by Crippen LogP contribution is -2.17. The van der Waals surface area contributed by atoms with Crippen LogP contribution in [-0.2, 0) is 9.53 Å². The maximum Gasteiger partial charge on any atom is 0.307 e. The quantitative estimate of drug-likeness (QED) is 0.866. The Morgan fingerprint density at radius 3 is 2.81 bits per heavy atom. The van der Waals surface area contributed by atoms with Gasteiger partial charge in [-0.25, -0.2) is 0 Å². The van der Waals surface area contributed by atoms with Crippen LogP contribution in [-0.4, -0.2) is 12.6 Å². The van der Waals surface area contributed by atoms with Gasteiger partial charge in [0.15, 0.2) is 0 Å². The number of ether oxygens (including phenoxy) is 1. The normalized spacial score (nSPS) is 12.2. The second-order valence-corrected chi connectivity index (χ2v) is 4.48. The molecule has 1 atom stereocenters. The highest BCUT2D eigenvalue weighted by atomic mass is 79.9. The molecule has 0 saturated carbocycles. The van der Waals surface area contributed by atoms with Crippen LogP contribution in [0, 0.1) is 6.92 Å². The fourth-order valence-corrected chi connectivity index (χ4v) is 1.66. The van der Waals surface area contributed by atoms with E-state index >= 15 is 0 Å². The molecule has 3 nitrogen and oxygen atoms in total. The van der Waals surface area contributed by atoms with Gasteiger partial charge in [0.1, 0.15) is 0 Å². The molecule has 0 unspecified atom stereocenters. The van der Waals surface area contributed by atoms with Crippen LogP contribution >= 0.6 is 15.9 Å². The summed E-state index contributed by atoms with van der Waals surface area (Å²) in [5.74, 6) is -0.254. The number of carbonyl (C=O) groups is 1. The largest absolute Gasteiger partial charge is 0.466 e. The summed E-state index contributed by atoms with van der Waals surface area (Å²) in [7, 11) is 0. The van der Waals surface area contributed by atoms with Crippen LogP contribution in [0.5, 0.6) is 0 Å². The van der Waals surface area contributed by atoms with Crippen LogP contribution in [0.2, 0.25) is 0 Å². The molecule has 1 rings (SSSR count). The van der Waals surface area contributed by atoms with Crippen molar-refractivity contribution in [1.82, 2.24) is 0 Å². The van der Waals surface area contributed by atoms with Gasteiger partial charge in [0.25, 0.3) is 0 Å². The van der Waals surface area contributed by atoms with Gasteiger partial charge < -0.3 is 10.5 Å². The first-order valence-corrected chi connectivity index (χ1v) is 6.01. The highest BCUT2D eigenvalue weighted by Crippen LogP contribution is 2.21. The summed E-state index contributed by atoms with van der Waals surface area (Å²) < 4.78 is 5.90. The molecule has 4 heteroatoms. The van der Waals surface area contributed by atoms with Gasteiger partial charge in [-0.2, -0.15) is 0 Å². The predicted molar refractivity (Wildman–Crippen MR) is 67.1 cm³/mol. The average Bonchev–Trinajstić information content (AvgIpc) is 2.22. The Morgan fingerprint density at radius 1 is 1.56 bits per heavy atom. The SMILES string of the molecule is CCOC(=O)C[C@H](N)c1ccc(Br)c(C)c1. The van der Waals surface area contributed by atoms with Crippen LogP contribution < -0.4 is 5.73 Å². The Morgan fingerprint density at radius 2 is 2.25 bits per heavy atom. The topological polar surface area (TPSA) is 52.3 Å². The van der Waals surface area contributed by atoms with Gasteiger partial charge >= 0.3 is 5.97 Å². The molecule has 16 heavy (non-hydrogen) atoms. The van der Waals surface area contributed by atoms with Gasteiger partial charge in [0.2, 0.25) is 0 Å². The number of rotatable bonds is 4. The lowest BCUT2D eigenvalue weighted by Gasteiger charge is -2.12. The standard InChI is InChI=1S/C12H16BrNO2/c1-3-16-12(15)7-11(14)9-4-5-10(13)8(2)6-9/h4-6,11H,3,7,14H2,1-2H3/t11-/m0/s1. The minimum atomic E-state index is -0.300. The van der Waals surface area contributed by atoms with Gasteiger partial charge in [0.05, 0.1) is 13.0 Å². The molecule has 0 aromatic heterocycles. The smallest absolute Gasteiger partial charge is 0.307 e. The number of aryl methyl sites for hydroxylation is 1. The number of nitrogens with two attached hydrogens (primary N) is 1. The Hall–Kier alpha value is -0.870. The molecule has 0 radical (unpaired) electrons. The Balaban J connectivity index is 2.69. The van der Waals surface area contributed by atoms with E-state index in [1.165, 1.54) is 0 Å². The highest BCUT2D eigenvalue weighted by molar-refractivity contribution is 9.10. The minimum Gasteiger partial charge on any atom is -0.466 e. The number of esters is 1. The molecule has 0 heterocycles. The van der Waals surface area contributed by atoms with Crippen molar-refractivity contribution in [2.45, 2.75) is 26.3 Å². The van der Waals surface area contributed by atoms with Crippen molar-refractivity contribution in [2.75, 3.05) is 6.61 Å². The minimum absolute atomic E-state index is 0.217. The molecule has 0 aliphatic rings. The Labute approximate surface area is 104 Å². The van der Waals surface area contributed by atoms with Gasteiger partial charge in [-0.3, -0.25) is 4.79 Å². The van der Waals surface area contributed by atoms with Crippen molar-refractivity contribution in [3.63, 3.8) is 0 Å². The molecule has 1 aromatic rings. The Kier molecular flexibility index (Phi) is 4.96. The molecule has 0 aliphatic heterocycles. The fourth-order valence-electron chi connectivity index (χ4n) is 1.42. The first kappa shape index (κ1) is 13.2. The van der Waals surface area contributed by atoms with E-state index in [-0.39, 0.29) is 18.4 Å². The summed E-state index contributed by atoms with van der Waals surface area (Å²) in [6.07, 6.45) is 0.217. The maximum absolute atomic E-state index is 11.3. The van der Waals surface area contributed by atoms with Crippen LogP contribution in [0.4, 0.5) is 0 Å². The van der Waals surface area contributed by atoms with E-state index in [4.69, 9.17) is 10.5 Å². The lowest BCUT2D eigenvalue weighted by atomic mass is 10.0.